The van der Waals surface area contributed by atoms with Gasteiger partial charge in [0.25, 0.3) is 5.91 Å². The van der Waals surface area contributed by atoms with Crippen LogP contribution in [0, 0.1) is 5.82 Å². The van der Waals surface area contributed by atoms with Gasteiger partial charge < -0.3 is 19.9 Å². The summed E-state index contributed by atoms with van der Waals surface area (Å²) in [6, 6.07) is 3.75. The summed E-state index contributed by atoms with van der Waals surface area (Å²) in [4.78, 5) is 29.3. The SMILES string of the molecule is CCn1cc2c(c1C(=O)Nc1ccc(F)c(Cl)c1)CCC2NC(=O)OCc1ncn(C)n1. The molecule has 2 aromatic heterocycles. The molecular formula is C21H22ClFN6O3. The van der Waals surface area contributed by atoms with Gasteiger partial charge in [0.1, 0.15) is 17.8 Å². The fraction of sp³-hybridized carbons (Fsp3) is 0.333. The zero-order chi connectivity index (χ0) is 22.8. The Morgan fingerprint density at radius 3 is 2.88 bits per heavy atom. The fourth-order valence-corrected chi connectivity index (χ4v) is 4.00. The Bertz CT molecular complexity index is 1170. The monoisotopic (exact) mass is 460 g/mol. The Hall–Kier alpha value is -3.40. The molecule has 0 aliphatic heterocycles. The normalized spacial score (nSPS) is 14.8. The predicted molar refractivity (Wildman–Crippen MR) is 115 cm³/mol. The lowest BCUT2D eigenvalue weighted by Crippen LogP contribution is -2.27. The minimum absolute atomic E-state index is 0.0316. The molecule has 0 bridgehead atoms. The summed E-state index contributed by atoms with van der Waals surface area (Å²) in [7, 11) is 1.73. The summed E-state index contributed by atoms with van der Waals surface area (Å²) in [5.41, 5.74) is 2.66. The van der Waals surface area contributed by atoms with Crippen molar-refractivity contribution in [3.05, 3.63) is 64.2 Å². The van der Waals surface area contributed by atoms with E-state index in [-0.39, 0.29) is 23.6 Å². The average molecular weight is 461 g/mol. The second-order valence-electron chi connectivity index (χ2n) is 7.43. The highest BCUT2D eigenvalue weighted by molar-refractivity contribution is 6.31. The van der Waals surface area contributed by atoms with Crippen LogP contribution in [0.2, 0.25) is 5.02 Å². The maximum atomic E-state index is 13.4. The molecule has 3 aromatic rings. The largest absolute Gasteiger partial charge is 0.441 e. The highest BCUT2D eigenvalue weighted by atomic mass is 35.5. The summed E-state index contributed by atoms with van der Waals surface area (Å²) >= 11 is 5.82. The van der Waals surface area contributed by atoms with Crippen LogP contribution in [0.25, 0.3) is 0 Å². The first-order valence-electron chi connectivity index (χ1n) is 10.1. The minimum atomic E-state index is -0.577. The van der Waals surface area contributed by atoms with Crippen LogP contribution in [-0.4, -0.2) is 31.3 Å². The summed E-state index contributed by atoms with van der Waals surface area (Å²) < 4.78 is 22.0. The van der Waals surface area contributed by atoms with E-state index >= 15 is 0 Å². The predicted octanol–water partition coefficient (Wildman–Crippen LogP) is 3.60. The molecule has 168 valence electrons. The van der Waals surface area contributed by atoms with E-state index in [1.165, 1.54) is 29.2 Å². The molecule has 11 heteroatoms. The Kier molecular flexibility index (Phi) is 6.13. The van der Waals surface area contributed by atoms with Gasteiger partial charge in [0.05, 0.1) is 11.1 Å². The van der Waals surface area contributed by atoms with Crippen molar-refractivity contribution in [2.45, 2.75) is 39.0 Å². The van der Waals surface area contributed by atoms with Crippen LogP contribution in [0.3, 0.4) is 0 Å². The van der Waals surface area contributed by atoms with E-state index in [9.17, 15) is 14.0 Å². The van der Waals surface area contributed by atoms with Crippen molar-refractivity contribution in [3.63, 3.8) is 0 Å². The first-order valence-corrected chi connectivity index (χ1v) is 10.5. The number of carbonyl (C=O) groups excluding carboxylic acids is 2. The van der Waals surface area contributed by atoms with Crippen molar-refractivity contribution < 1.29 is 18.7 Å². The zero-order valence-corrected chi connectivity index (χ0v) is 18.3. The molecule has 0 spiro atoms. The van der Waals surface area contributed by atoms with Gasteiger partial charge in [0.15, 0.2) is 12.4 Å². The molecule has 1 aliphatic rings. The first-order chi connectivity index (χ1) is 15.4. The van der Waals surface area contributed by atoms with Gasteiger partial charge in [-0.05, 0) is 49.1 Å². The van der Waals surface area contributed by atoms with Gasteiger partial charge in [0.2, 0.25) is 0 Å². The molecule has 0 fully saturated rings. The van der Waals surface area contributed by atoms with Crippen LogP contribution < -0.4 is 10.6 Å². The van der Waals surface area contributed by atoms with Gasteiger partial charge in [-0.15, -0.1) is 0 Å². The number of alkyl carbamates (subject to hydrolysis) is 1. The highest BCUT2D eigenvalue weighted by Gasteiger charge is 2.32. The highest BCUT2D eigenvalue weighted by Crippen LogP contribution is 2.35. The Morgan fingerprint density at radius 1 is 1.38 bits per heavy atom. The third-order valence-electron chi connectivity index (χ3n) is 5.28. The summed E-state index contributed by atoms with van der Waals surface area (Å²) in [6.07, 6.45) is 4.10. The number of ether oxygens (including phenoxy) is 1. The molecule has 1 atom stereocenters. The number of amides is 2. The maximum Gasteiger partial charge on any atom is 0.408 e. The van der Waals surface area contributed by atoms with E-state index in [4.69, 9.17) is 16.3 Å². The molecule has 2 amide bonds. The number of aryl methyl sites for hydroxylation is 2. The lowest BCUT2D eigenvalue weighted by atomic mass is 10.1. The lowest BCUT2D eigenvalue weighted by molar-refractivity contribution is 0.101. The molecule has 4 rings (SSSR count). The van der Waals surface area contributed by atoms with Gasteiger partial charge in [0, 0.05) is 25.5 Å². The molecule has 1 aliphatic carbocycles. The van der Waals surface area contributed by atoms with Gasteiger partial charge in [-0.2, -0.15) is 5.10 Å². The van der Waals surface area contributed by atoms with Crippen molar-refractivity contribution in [2.75, 3.05) is 5.32 Å². The van der Waals surface area contributed by atoms with Gasteiger partial charge in [-0.3, -0.25) is 9.48 Å². The van der Waals surface area contributed by atoms with E-state index in [1.807, 2.05) is 17.7 Å². The lowest BCUT2D eigenvalue weighted by Gasteiger charge is -2.13. The number of hydrogen-bond acceptors (Lipinski definition) is 5. The number of carbonyl (C=O) groups is 2. The smallest absolute Gasteiger partial charge is 0.408 e. The molecule has 32 heavy (non-hydrogen) atoms. The molecule has 2 N–H and O–H groups in total. The summed E-state index contributed by atoms with van der Waals surface area (Å²) in [5, 5.41) is 9.62. The quantitative estimate of drug-likeness (QED) is 0.585. The molecule has 1 unspecified atom stereocenters. The fourth-order valence-electron chi connectivity index (χ4n) is 3.82. The number of nitrogens with zero attached hydrogens (tertiary/aromatic N) is 4. The van der Waals surface area contributed by atoms with Crippen LogP contribution in [0.1, 0.15) is 46.8 Å². The van der Waals surface area contributed by atoms with Crippen LogP contribution in [0.5, 0.6) is 0 Å². The number of anilines is 1. The Morgan fingerprint density at radius 2 is 2.19 bits per heavy atom. The summed E-state index contributed by atoms with van der Waals surface area (Å²) in [6.45, 7) is 2.47. The van der Waals surface area contributed by atoms with Crippen molar-refractivity contribution in [2.24, 2.45) is 7.05 Å². The van der Waals surface area contributed by atoms with Crippen LogP contribution >= 0.6 is 11.6 Å². The first kappa shape index (κ1) is 21.8. The zero-order valence-electron chi connectivity index (χ0n) is 17.6. The number of aromatic nitrogens is 4. The number of benzene rings is 1. The van der Waals surface area contributed by atoms with Gasteiger partial charge in [-0.1, -0.05) is 11.6 Å². The standard InChI is InChI=1S/C21H22ClFN6O3/c1-3-29-9-14-13(19(29)20(30)25-12-4-6-16(23)15(22)8-12)5-7-17(14)26-21(31)32-10-18-24-11-28(2)27-18/h4,6,8-9,11,17H,3,5,7,10H2,1-2H3,(H,25,30)(H,26,31). The van der Waals surface area contributed by atoms with E-state index in [1.54, 1.807) is 7.05 Å². The molecule has 0 radical (unpaired) electrons. The van der Waals surface area contributed by atoms with Crippen molar-refractivity contribution in [1.82, 2.24) is 24.6 Å². The number of fused-ring (bicyclic) bond motifs is 1. The second kappa shape index (κ2) is 8.99. The topological polar surface area (TPSA) is 103 Å². The Balaban J connectivity index is 1.46. The van der Waals surface area contributed by atoms with Crippen molar-refractivity contribution in [3.8, 4) is 0 Å². The summed E-state index contributed by atoms with van der Waals surface area (Å²) in [5.74, 6) is -0.464. The second-order valence-corrected chi connectivity index (χ2v) is 7.83. The average Bonchev–Trinajstić information content (AvgIpc) is 3.45. The molecule has 0 saturated carbocycles. The van der Waals surface area contributed by atoms with E-state index in [2.05, 4.69) is 20.7 Å². The third kappa shape index (κ3) is 4.45. The number of rotatable bonds is 6. The van der Waals surface area contributed by atoms with Crippen LogP contribution in [-0.2, 0) is 31.4 Å². The van der Waals surface area contributed by atoms with Crippen LogP contribution in [0.4, 0.5) is 14.9 Å². The maximum absolute atomic E-state index is 13.4. The molecule has 1 aromatic carbocycles. The van der Waals surface area contributed by atoms with Crippen molar-refractivity contribution in [1.29, 1.82) is 0 Å². The van der Waals surface area contributed by atoms with Gasteiger partial charge >= 0.3 is 6.09 Å². The number of nitrogens with one attached hydrogen (secondary N) is 2. The number of hydrogen-bond donors (Lipinski definition) is 2. The number of halogens is 2. The molecule has 2 heterocycles. The minimum Gasteiger partial charge on any atom is -0.441 e. The molecular weight excluding hydrogens is 439 g/mol. The van der Waals surface area contributed by atoms with Crippen LogP contribution in [0.15, 0.2) is 30.7 Å². The molecule has 9 nitrogen and oxygen atoms in total. The third-order valence-corrected chi connectivity index (χ3v) is 5.57. The van der Waals surface area contributed by atoms with Gasteiger partial charge in [-0.25, -0.2) is 14.2 Å². The Labute approximate surface area is 188 Å². The van der Waals surface area contributed by atoms with E-state index in [0.717, 1.165) is 11.1 Å². The van der Waals surface area contributed by atoms with E-state index < -0.39 is 11.9 Å². The van der Waals surface area contributed by atoms with E-state index in [0.29, 0.717) is 36.6 Å². The molecule has 0 saturated heterocycles. The van der Waals surface area contributed by atoms with Crippen molar-refractivity contribution >= 4 is 29.3 Å².